The van der Waals surface area contributed by atoms with Crippen molar-refractivity contribution in [1.29, 1.82) is 0 Å². The summed E-state index contributed by atoms with van der Waals surface area (Å²) < 4.78 is 26.4. The van der Waals surface area contributed by atoms with Crippen LogP contribution in [0.5, 0.6) is 23.0 Å². The van der Waals surface area contributed by atoms with E-state index in [1.165, 1.54) is 54.7 Å². The Hall–Kier alpha value is -3.58. The Kier molecular flexibility index (Phi) is 26.1. The molecule has 0 radical (unpaired) electrons. The number of hydrogen-bond acceptors (Lipinski definition) is 11. The largest absolute Gasteiger partial charge is 0.493 e. The average molecular weight is 762 g/mol. The highest BCUT2D eigenvalue weighted by atomic mass is 127. The van der Waals surface area contributed by atoms with Gasteiger partial charge in [0, 0.05) is 26.6 Å². The number of carbonyl (C=O) groups is 4. The van der Waals surface area contributed by atoms with Gasteiger partial charge in [0.25, 0.3) is 17.7 Å². The number of nitrogens with one attached hydrogen (secondary N) is 3. The van der Waals surface area contributed by atoms with Gasteiger partial charge in [0.2, 0.25) is 0 Å². The number of methoxy groups -OCH3 is 4. The van der Waals surface area contributed by atoms with Crippen molar-refractivity contribution in [3.63, 3.8) is 0 Å². The zero-order valence-corrected chi connectivity index (χ0v) is 28.8. The quantitative estimate of drug-likeness (QED) is 0.141. The van der Waals surface area contributed by atoms with E-state index in [0.717, 1.165) is 5.06 Å². The molecule has 0 spiro atoms. The van der Waals surface area contributed by atoms with E-state index in [0.29, 0.717) is 39.0 Å². The molecule has 15 nitrogen and oxygen atoms in total. The average Bonchev–Trinajstić information content (AvgIpc) is 3.05. The zero-order chi connectivity index (χ0) is 34.1. The molecule has 0 aliphatic heterocycles. The Morgan fingerprint density at radius 1 is 0.795 bits per heavy atom. The van der Waals surface area contributed by atoms with Crippen LogP contribution in [0.15, 0.2) is 36.4 Å². The highest BCUT2D eigenvalue weighted by Crippen LogP contribution is 2.28. The van der Waals surface area contributed by atoms with Crippen molar-refractivity contribution >= 4 is 58.7 Å². The van der Waals surface area contributed by atoms with Crippen molar-refractivity contribution in [3.05, 3.63) is 47.5 Å². The number of ether oxygens (including phenoxy) is 4. The molecule has 0 saturated carbocycles. The van der Waals surface area contributed by atoms with Crippen molar-refractivity contribution in [2.75, 3.05) is 74.8 Å². The highest BCUT2D eigenvalue weighted by molar-refractivity contribution is 14.1. The molecule has 0 aromatic heterocycles. The number of carboxylic acids is 1. The normalized spacial score (nSPS) is 9.25. The van der Waals surface area contributed by atoms with E-state index in [9.17, 15) is 19.2 Å². The number of halogens is 2. The summed E-state index contributed by atoms with van der Waals surface area (Å²) in [6, 6.07) is 9.33. The van der Waals surface area contributed by atoms with Gasteiger partial charge in [-0.2, -0.15) is 0 Å². The Labute approximate surface area is 278 Å². The third kappa shape index (κ3) is 17.5. The molecule has 44 heavy (non-hydrogen) atoms. The molecule has 0 fully saturated rings. The number of aliphatic carboxylic acids is 1. The van der Waals surface area contributed by atoms with Gasteiger partial charge in [0.15, 0.2) is 23.0 Å². The number of nitrogens with zero attached hydrogens (tertiary/aromatic N) is 1. The first-order valence-electron chi connectivity index (χ1n) is 12.7. The number of likely N-dealkylation sites (N-methyl/N-ethyl adjacent to an activating group) is 1. The maximum absolute atomic E-state index is 11.9. The Balaban J connectivity index is -0.000000642. The van der Waals surface area contributed by atoms with Crippen molar-refractivity contribution in [3.8, 4) is 23.0 Å². The summed E-state index contributed by atoms with van der Waals surface area (Å²) in [7, 11) is 12.0. The van der Waals surface area contributed by atoms with Crippen molar-refractivity contribution in [2.24, 2.45) is 0 Å². The summed E-state index contributed by atoms with van der Waals surface area (Å²) in [5.41, 5.74) is 3.11. The summed E-state index contributed by atoms with van der Waals surface area (Å²) in [6.07, 6.45) is 0. The van der Waals surface area contributed by atoms with Gasteiger partial charge >= 0.3 is 5.97 Å². The van der Waals surface area contributed by atoms with Crippen LogP contribution >= 0.6 is 35.0 Å². The van der Waals surface area contributed by atoms with Gasteiger partial charge in [0.1, 0.15) is 6.54 Å². The highest BCUT2D eigenvalue weighted by Gasteiger charge is 2.14. The van der Waals surface area contributed by atoms with Gasteiger partial charge in [0.05, 0.1) is 49.2 Å². The minimum absolute atomic E-state index is 0. The van der Waals surface area contributed by atoms with Gasteiger partial charge in [-0.25, -0.2) is 10.5 Å². The van der Waals surface area contributed by atoms with Crippen LogP contribution in [0.3, 0.4) is 0 Å². The third-order valence-corrected chi connectivity index (χ3v) is 4.92. The van der Waals surface area contributed by atoms with Gasteiger partial charge in [-0.05, 0) is 41.3 Å². The van der Waals surface area contributed by atoms with Crippen LogP contribution in [0.1, 0.15) is 22.1 Å². The third-order valence-electron chi connectivity index (χ3n) is 4.92. The lowest BCUT2D eigenvalue weighted by Gasteiger charge is -2.14. The SMILES string of the molecule is CNOC.COc1ccc(C(=O)NCC(=O)N(C)OC)cc1OC.COc1ccc(C(=O)NCC(=O)O)cc1OC.Cl.[2H]CI. The summed E-state index contributed by atoms with van der Waals surface area (Å²) in [5.74, 6) is -0.435. The minimum Gasteiger partial charge on any atom is -0.493 e. The second-order valence-corrected chi connectivity index (χ2v) is 7.38. The predicted octanol–water partition coefficient (Wildman–Crippen LogP) is 2.21. The lowest BCUT2D eigenvalue weighted by atomic mass is 10.2. The number of carboxylic acid groups (broad SMARTS) is 1. The van der Waals surface area contributed by atoms with Crippen LogP contribution in [-0.2, 0) is 19.3 Å². The lowest BCUT2D eigenvalue weighted by molar-refractivity contribution is -0.167. The molecule has 2 aromatic carbocycles. The van der Waals surface area contributed by atoms with Crippen molar-refractivity contribution in [1.82, 2.24) is 21.2 Å². The second-order valence-electron chi connectivity index (χ2n) is 7.38. The van der Waals surface area contributed by atoms with Crippen LogP contribution < -0.4 is 35.1 Å². The van der Waals surface area contributed by atoms with Gasteiger partial charge < -0.3 is 39.5 Å². The fourth-order valence-corrected chi connectivity index (χ4v) is 2.68. The van der Waals surface area contributed by atoms with E-state index in [1.54, 1.807) is 38.4 Å². The molecule has 3 amide bonds. The van der Waals surface area contributed by atoms with E-state index in [4.69, 9.17) is 30.3 Å². The van der Waals surface area contributed by atoms with E-state index in [-0.39, 0.29) is 30.8 Å². The fraction of sp³-hybridized carbons (Fsp3) is 0.407. The Morgan fingerprint density at radius 2 is 1.16 bits per heavy atom. The minimum atomic E-state index is -1.10. The summed E-state index contributed by atoms with van der Waals surface area (Å²) in [6.45, 7) is -0.579. The number of alkyl halides is 1. The molecule has 2 rings (SSSR count). The first-order chi connectivity index (χ1) is 20.9. The topological polar surface area (TPSA) is 183 Å². The standard InChI is InChI=1S/C13H18N2O5.C11H13NO5.C2H7NO.CH3I.ClH/c1-15(20-4)12(16)8-14-13(17)9-5-6-10(18-2)11(7-9)19-3;1-16-8-4-3-7(5-9(8)17-2)11(15)12-6-10(13)14;1-3-4-2;1-2;/h5-7H,8H2,1-4H3,(H,14,17);3-5H,6H2,1-2H3,(H,12,15)(H,13,14);3H,1-2H3;1H3;1H/i;;;1D;. The number of hydrogen-bond donors (Lipinski definition) is 4. The molecule has 0 bridgehead atoms. The van der Waals surface area contributed by atoms with Crippen LogP contribution in [0.2, 0.25) is 0 Å². The number of hydroxylamine groups is 3. The molecule has 0 heterocycles. The molecule has 17 heteroatoms. The molecule has 0 aliphatic rings. The summed E-state index contributed by atoms with van der Waals surface area (Å²) in [5, 5.41) is 14.2. The molecule has 4 N–H and O–H groups in total. The summed E-state index contributed by atoms with van der Waals surface area (Å²) >= 11 is 1.96. The maximum Gasteiger partial charge on any atom is 0.322 e. The first-order valence-corrected chi connectivity index (χ1v) is 13.5. The monoisotopic (exact) mass is 761 g/mol. The molecule has 0 atom stereocenters. The fourth-order valence-electron chi connectivity index (χ4n) is 2.68. The van der Waals surface area contributed by atoms with Gasteiger partial charge in [-0.15, -0.1) is 12.4 Å². The molecule has 0 saturated heterocycles. The molecule has 250 valence electrons. The maximum atomic E-state index is 11.9. The Bertz CT molecular complexity index is 1160. The van der Waals surface area contributed by atoms with Crippen LogP contribution in [-0.4, -0.2) is 109 Å². The zero-order valence-electron chi connectivity index (χ0n) is 26.8. The van der Waals surface area contributed by atoms with Crippen molar-refractivity contribution < 1.29 is 54.3 Å². The predicted molar refractivity (Wildman–Crippen MR) is 174 cm³/mol. The molecular formula is C27H42ClIN4O11. The summed E-state index contributed by atoms with van der Waals surface area (Å²) in [4.78, 5) is 54.7. The van der Waals surface area contributed by atoms with Gasteiger partial charge in [-0.3, -0.25) is 24.0 Å². The van der Waals surface area contributed by atoms with E-state index in [2.05, 4.69) is 21.0 Å². The molecule has 2 aromatic rings. The Morgan fingerprint density at radius 3 is 1.45 bits per heavy atom. The van der Waals surface area contributed by atoms with Crippen LogP contribution in [0.4, 0.5) is 0 Å². The van der Waals surface area contributed by atoms with E-state index < -0.39 is 18.4 Å². The second kappa shape index (κ2) is 27.0. The smallest absolute Gasteiger partial charge is 0.322 e. The van der Waals surface area contributed by atoms with E-state index >= 15 is 0 Å². The van der Waals surface area contributed by atoms with Crippen LogP contribution in [0.25, 0.3) is 0 Å². The number of benzene rings is 2. The van der Waals surface area contributed by atoms with Gasteiger partial charge in [-0.1, -0.05) is 22.6 Å². The first kappa shape index (κ1) is 42.6. The molecule has 0 aliphatic carbocycles. The number of rotatable bonds is 12. The lowest BCUT2D eigenvalue weighted by Crippen LogP contribution is -2.37. The molecule has 0 unspecified atom stereocenters. The van der Waals surface area contributed by atoms with E-state index in [1.807, 2.05) is 22.6 Å². The molecular weight excluding hydrogens is 719 g/mol. The van der Waals surface area contributed by atoms with Crippen molar-refractivity contribution in [2.45, 2.75) is 0 Å². The van der Waals surface area contributed by atoms with Crippen LogP contribution in [0, 0.1) is 0 Å². The number of amides is 3. The number of carbonyl (C=O) groups excluding carboxylic acids is 3.